The maximum atomic E-state index is 2.42. The van der Waals surface area contributed by atoms with Crippen molar-refractivity contribution in [2.24, 2.45) is 0 Å². The molecule has 0 atom stereocenters. The van der Waals surface area contributed by atoms with E-state index in [9.17, 15) is 0 Å². The molecule has 0 aliphatic rings. The Morgan fingerprint density at radius 1 is 0.269 bits per heavy atom. The maximum Gasteiger partial charge on any atom is 0.139 e. The molecular weight excluding hydrogens is 626 g/mol. The van der Waals surface area contributed by atoms with Gasteiger partial charge in [0.25, 0.3) is 0 Å². The average Bonchev–Trinajstić information content (AvgIpc) is 3.70. The smallest absolute Gasteiger partial charge is 0.139 e. The standard InChI is InChI=1S/C48H34B2N2/c49-37-18-24-47-43(29-37)41-27-35(16-22-45(41)51(47)39-20-14-33(15-21-39)31-8-3-1-4-9-31)36-17-23-46-42(28-36)44-30-38(50)19-25-48(44)52(46)40-13-7-12-34(26-40)32-10-5-2-6-11-32/h1-30H,49-50H2. The molecule has 2 nitrogen and oxygen atoms in total. The van der Waals surface area contributed by atoms with Crippen molar-refractivity contribution in [3.05, 3.63) is 182 Å². The minimum absolute atomic E-state index is 1.16. The Hall–Kier alpha value is -6.51. The fourth-order valence-corrected chi connectivity index (χ4v) is 8.08. The van der Waals surface area contributed by atoms with E-state index in [2.05, 4.69) is 207 Å². The van der Waals surface area contributed by atoms with Crippen molar-refractivity contribution in [2.75, 3.05) is 0 Å². The highest BCUT2D eigenvalue weighted by atomic mass is 15.0. The molecule has 2 aromatic heterocycles. The van der Waals surface area contributed by atoms with E-state index in [4.69, 9.17) is 0 Å². The zero-order chi connectivity index (χ0) is 34.8. The fraction of sp³-hybridized carbons (Fsp3) is 0. The van der Waals surface area contributed by atoms with Crippen molar-refractivity contribution < 1.29 is 0 Å². The normalized spacial score (nSPS) is 11.6. The molecule has 0 amide bonds. The van der Waals surface area contributed by atoms with Gasteiger partial charge >= 0.3 is 0 Å². The third-order valence-electron chi connectivity index (χ3n) is 10.6. The number of aromatic nitrogens is 2. The van der Waals surface area contributed by atoms with Crippen LogP contribution in [0.3, 0.4) is 0 Å². The molecule has 0 aliphatic heterocycles. The minimum atomic E-state index is 1.16. The van der Waals surface area contributed by atoms with E-state index in [1.807, 2.05) is 0 Å². The molecule has 0 aliphatic carbocycles. The Bertz CT molecular complexity index is 2960. The summed E-state index contributed by atoms with van der Waals surface area (Å²) in [6, 6.07) is 66.7. The number of hydrogen-bond donors (Lipinski definition) is 0. The van der Waals surface area contributed by atoms with Crippen LogP contribution in [0.25, 0.3) is 88.4 Å². The largest absolute Gasteiger partial charge is 0.309 e. The van der Waals surface area contributed by atoms with Crippen molar-refractivity contribution in [1.82, 2.24) is 9.13 Å². The van der Waals surface area contributed by atoms with Gasteiger partial charge in [0.15, 0.2) is 0 Å². The minimum Gasteiger partial charge on any atom is -0.309 e. The molecule has 0 bridgehead atoms. The summed E-state index contributed by atoms with van der Waals surface area (Å²) in [6.45, 7) is 0. The molecule has 10 rings (SSSR count). The van der Waals surface area contributed by atoms with Crippen LogP contribution in [0.1, 0.15) is 0 Å². The molecule has 0 saturated heterocycles. The van der Waals surface area contributed by atoms with Gasteiger partial charge in [0.2, 0.25) is 0 Å². The van der Waals surface area contributed by atoms with E-state index in [0.717, 1.165) is 5.69 Å². The molecule has 4 heteroatoms. The molecule has 0 radical (unpaired) electrons. The van der Waals surface area contributed by atoms with Gasteiger partial charge in [0, 0.05) is 32.9 Å². The van der Waals surface area contributed by atoms with Gasteiger partial charge in [-0.25, -0.2) is 0 Å². The van der Waals surface area contributed by atoms with Gasteiger partial charge < -0.3 is 9.13 Å². The summed E-state index contributed by atoms with van der Waals surface area (Å²) in [5, 5.41) is 5.07. The van der Waals surface area contributed by atoms with Crippen LogP contribution in [0.15, 0.2) is 182 Å². The van der Waals surface area contributed by atoms with Crippen LogP contribution in [-0.4, -0.2) is 24.8 Å². The molecular formula is C48H34B2N2. The van der Waals surface area contributed by atoms with E-state index < -0.39 is 0 Å². The van der Waals surface area contributed by atoms with Crippen molar-refractivity contribution in [3.8, 4) is 44.8 Å². The monoisotopic (exact) mass is 660 g/mol. The second-order valence-electron chi connectivity index (χ2n) is 14.0. The number of fused-ring (bicyclic) bond motifs is 6. The molecule has 2 heterocycles. The Morgan fingerprint density at radius 2 is 0.654 bits per heavy atom. The summed E-state index contributed by atoms with van der Waals surface area (Å²) in [5.41, 5.74) is 17.0. The molecule has 10 aromatic rings. The van der Waals surface area contributed by atoms with E-state index in [0.29, 0.717) is 0 Å². The van der Waals surface area contributed by atoms with Crippen LogP contribution >= 0.6 is 0 Å². The summed E-state index contributed by atoms with van der Waals surface area (Å²) < 4.78 is 4.83. The van der Waals surface area contributed by atoms with Crippen LogP contribution < -0.4 is 10.9 Å². The van der Waals surface area contributed by atoms with Crippen LogP contribution in [-0.2, 0) is 0 Å². The first-order valence-electron chi connectivity index (χ1n) is 18.0. The summed E-state index contributed by atoms with van der Waals surface area (Å²) in [4.78, 5) is 0. The quantitative estimate of drug-likeness (QED) is 0.163. The predicted octanol–water partition coefficient (Wildman–Crippen LogP) is 9.40. The van der Waals surface area contributed by atoms with Crippen molar-refractivity contribution in [3.63, 3.8) is 0 Å². The van der Waals surface area contributed by atoms with Gasteiger partial charge in [-0.1, -0.05) is 132 Å². The lowest BCUT2D eigenvalue weighted by Crippen LogP contribution is -2.00. The molecule has 0 spiro atoms. The van der Waals surface area contributed by atoms with Crippen LogP contribution in [0, 0.1) is 0 Å². The number of benzene rings is 8. The lowest BCUT2D eigenvalue weighted by Gasteiger charge is -2.11. The Morgan fingerprint density at radius 3 is 1.19 bits per heavy atom. The van der Waals surface area contributed by atoms with Gasteiger partial charge in [0.05, 0.1) is 22.1 Å². The number of hydrogen-bond acceptors (Lipinski definition) is 0. The van der Waals surface area contributed by atoms with Gasteiger partial charge in [-0.05, 0) is 94.0 Å². The third kappa shape index (κ3) is 4.99. The second kappa shape index (κ2) is 12.1. The summed E-state index contributed by atoms with van der Waals surface area (Å²) in [7, 11) is 4.37. The highest BCUT2D eigenvalue weighted by molar-refractivity contribution is 6.34. The van der Waals surface area contributed by atoms with Crippen molar-refractivity contribution in [1.29, 1.82) is 0 Å². The highest BCUT2D eigenvalue weighted by Gasteiger charge is 2.17. The van der Waals surface area contributed by atoms with Crippen LogP contribution in [0.2, 0.25) is 0 Å². The van der Waals surface area contributed by atoms with E-state index in [1.54, 1.807) is 0 Å². The van der Waals surface area contributed by atoms with Crippen LogP contribution in [0.4, 0.5) is 0 Å². The first-order chi connectivity index (χ1) is 25.6. The van der Waals surface area contributed by atoms with Crippen LogP contribution in [0.5, 0.6) is 0 Å². The SMILES string of the molecule is Bc1ccc2c(c1)c1cc(-c3ccc4c(c3)c3cc(B)ccc3n4-c3cccc(-c4ccccc4)c3)ccc1n2-c1ccc(-c2ccccc2)cc1. The van der Waals surface area contributed by atoms with Gasteiger partial charge in [0.1, 0.15) is 15.7 Å². The molecule has 0 fully saturated rings. The summed E-state index contributed by atoms with van der Waals surface area (Å²) >= 11 is 0. The molecule has 52 heavy (non-hydrogen) atoms. The molecule has 0 saturated carbocycles. The molecule has 0 unspecified atom stereocenters. The maximum absolute atomic E-state index is 2.42. The molecule has 0 N–H and O–H groups in total. The van der Waals surface area contributed by atoms with Crippen molar-refractivity contribution >= 4 is 70.2 Å². The zero-order valence-corrected chi connectivity index (χ0v) is 29.2. The first-order valence-corrected chi connectivity index (χ1v) is 18.0. The average molecular weight is 660 g/mol. The first kappa shape index (κ1) is 30.3. The molecule has 8 aromatic carbocycles. The van der Waals surface area contributed by atoms with E-state index in [-0.39, 0.29) is 0 Å². The van der Waals surface area contributed by atoms with E-state index in [1.165, 1.54) is 93.6 Å². The topological polar surface area (TPSA) is 9.86 Å². The summed E-state index contributed by atoms with van der Waals surface area (Å²) in [6.07, 6.45) is 0. The van der Waals surface area contributed by atoms with Gasteiger partial charge in [-0.2, -0.15) is 0 Å². The molecule has 242 valence electrons. The Kier molecular flexibility index (Phi) is 7.04. The predicted molar refractivity (Wildman–Crippen MR) is 228 cm³/mol. The Labute approximate surface area is 305 Å². The number of rotatable bonds is 5. The van der Waals surface area contributed by atoms with E-state index >= 15 is 0 Å². The summed E-state index contributed by atoms with van der Waals surface area (Å²) in [5.74, 6) is 0. The van der Waals surface area contributed by atoms with Crippen molar-refractivity contribution in [2.45, 2.75) is 0 Å². The lowest BCUT2D eigenvalue weighted by molar-refractivity contribution is 1.18. The lowest BCUT2D eigenvalue weighted by atomic mass is 9.93. The fourth-order valence-electron chi connectivity index (χ4n) is 8.08. The Balaban J connectivity index is 1.12. The third-order valence-corrected chi connectivity index (χ3v) is 10.6. The zero-order valence-electron chi connectivity index (χ0n) is 29.2. The number of nitrogens with zero attached hydrogens (tertiary/aromatic N) is 2. The van der Waals surface area contributed by atoms with Gasteiger partial charge in [-0.3, -0.25) is 0 Å². The van der Waals surface area contributed by atoms with Gasteiger partial charge in [-0.15, -0.1) is 0 Å². The second-order valence-corrected chi connectivity index (χ2v) is 14.0. The highest BCUT2D eigenvalue weighted by Crippen LogP contribution is 2.38.